The summed E-state index contributed by atoms with van der Waals surface area (Å²) in [5.41, 5.74) is 10.1. The summed E-state index contributed by atoms with van der Waals surface area (Å²) in [6.07, 6.45) is 3.77. The number of unbranched alkanes of at least 4 members (excludes halogenated alkanes) is 1. The fourth-order valence-corrected chi connectivity index (χ4v) is 4.57. The number of rotatable bonds is 6. The van der Waals surface area contributed by atoms with E-state index < -0.39 is 5.41 Å². The number of fused-ring (bicyclic) bond motifs is 3. The minimum atomic E-state index is -0.717. The molecular formula is C27H30ClNO. The zero-order valence-electron chi connectivity index (χ0n) is 17.8. The molecule has 0 aromatic heterocycles. The fraction of sp³-hybridized carbons (Fsp3) is 0.296. The molecule has 0 saturated carbocycles. The molecule has 0 aliphatic heterocycles. The van der Waals surface area contributed by atoms with Crippen LogP contribution in [0.2, 0.25) is 0 Å². The Morgan fingerprint density at radius 1 is 0.833 bits per heavy atom. The van der Waals surface area contributed by atoms with Gasteiger partial charge in [-0.15, -0.1) is 0 Å². The van der Waals surface area contributed by atoms with E-state index in [1.807, 2.05) is 44.2 Å². The number of aryl methyl sites for hydroxylation is 1. The maximum atomic E-state index is 12.7. The van der Waals surface area contributed by atoms with Crippen LogP contribution in [0.25, 0.3) is 11.1 Å². The highest BCUT2D eigenvalue weighted by molar-refractivity contribution is 6.66. The summed E-state index contributed by atoms with van der Waals surface area (Å²) in [6.45, 7) is 3.89. The monoisotopic (exact) mass is 419 g/mol. The van der Waals surface area contributed by atoms with Crippen molar-refractivity contribution >= 4 is 16.8 Å². The quantitative estimate of drug-likeness (QED) is 0.366. The van der Waals surface area contributed by atoms with Crippen molar-refractivity contribution in [3.05, 3.63) is 95.6 Å². The molecule has 3 aromatic carbocycles. The zero-order valence-corrected chi connectivity index (χ0v) is 18.5. The van der Waals surface area contributed by atoms with E-state index in [0.29, 0.717) is 6.04 Å². The van der Waals surface area contributed by atoms with Crippen molar-refractivity contribution in [2.75, 3.05) is 0 Å². The molecule has 0 spiro atoms. The molecule has 0 saturated heterocycles. The Bertz CT molecular complexity index is 933. The fourth-order valence-electron chi connectivity index (χ4n) is 4.27. The van der Waals surface area contributed by atoms with E-state index in [4.69, 9.17) is 17.3 Å². The summed E-state index contributed by atoms with van der Waals surface area (Å²) >= 11 is 6.25. The van der Waals surface area contributed by atoms with E-state index in [1.165, 1.54) is 5.56 Å². The molecule has 2 N–H and O–H groups in total. The summed E-state index contributed by atoms with van der Waals surface area (Å²) in [6, 6.07) is 27.2. The van der Waals surface area contributed by atoms with Crippen LogP contribution in [0.4, 0.5) is 0 Å². The summed E-state index contributed by atoms with van der Waals surface area (Å²) in [7, 11) is 0. The standard InChI is InChI=1S/C24H21ClO.C3H9N/c25-23(26)24(17-9-8-12-18-10-2-1-3-11-18)21-15-6-4-13-19(21)20-14-5-7-16-22(20)24;1-3(2)4/h1-7,10-11,13-16H,8-9,12,17H2;3H,4H2,1-2H3. The van der Waals surface area contributed by atoms with Crippen molar-refractivity contribution in [3.8, 4) is 11.1 Å². The van der Waals surface area contributed by atoms with Gasteiger partial charge < -0.3 is 5.73 Å². The molecule has 0 heterocycles. The van der Waals surface area contributed by atoms with Crippen molar-refractivity contribution < 1.29 is 4.79 Å². The van der Waals surface area contributed by atoms with E-state index in [1.54, 1.807) is 0 Å². The molecule has 3 aromatic rings. The van der Waals surface area contributed by atoms with Crippen LogP contribution in [0.5, 0.6) is 0 Å². The predicted octanol–water partition coefficient (Wildman–Crippen LogP) is 6.49. The average molecular weight is 420 g/mol. The Morgan fingerprint density at radius 2 is 1.30 bits per heavy atom. The van der Waals surface area contributed by atoms with Gasteiger partial charge in [-0.3, -0.25) is 4.79 Å². The van der Waals surface area contributed by atoms with Crippen molar-refractivity contribution in [2.45, 2.75) is 51.0 Å². The predicted molar refractivity (Wildman–Crippen MR) is 127 cm³/mol. The Hall–Kier alpha value is -2.42. The van der Waals surface area contributed by atoms with Crippen LogP contribution in [-0.4, -0.2) is 11.3 Å². The maximum absolute atomic E-state index is 12.7. The Kier molecular flexibility index (Phi) is 7.47. The molecule has 0 amide bonds. The van der Waals surface area contributed by atoms with Crippen LogP contribution in [0, 0.1) is 0 Å². The van der Waals surface area contributed by atoms with Gasteiger partial charge in [0.1, 0.15) is 0 Å². The lowest BCUT2D eigenvalue weighted by molar-refractivity contribution is -0.115. The topological polar surface area (TPSA) is 43.1 Å². The number of hydrogen-bond acceptors (Lipinski definition) is 2. The second kappa shape index (κ2) is 10.1. The summed E-state index contributed by atoms with van der Waals surface area (Å²) in [5.74, 6) is 0. The normalized spacial score (nSPS) is 13.2. The highest BCUT2D eigenvalue weighted by Crippen LogP contribution is 2.52. The molecule has 0 radical (unpaired) electrons. The molecule has 0 fully saturated rings. The lowest BCUT2D eigenvalue weighted by Crippen LogP contribution is -2.32. The van der Waals surface area contributed by atoms with Gasteiger partial charge in [0, 0.05) is 0 Å². The molecule has 1 aliphatic carbocycles. The molecule has 0 unspecified atom stereocenters. The number of carbonyl (C=O) groups is 1. The molecule has 0 bridgehead atoms. The van der Waals surface area contributed by atoms with Gasteiger partial charge in [0.2, 0.25) is 5.24 Å². The van der Waals surface area contributed by atoms with Gasteiger partial charge in [0.05, 0.1) is 5.41 Å². The highest BCUT2D eigenvalue weighted by Gasteiger charge is 2.47. The van der Waals surface area contributed by atoms with Gasteiger partial charge in [-0.1, -0.05) is 99.1 Å². The molecule has 0 atom stereocenters. The molecule has 1 aliphatic rings. The van der Waals surface area contributed by atoms with E-state index in [2.05, 4.69) is 48.5 Å². The first-order valence-electron chi connectivity index (χ1n) is 10.7. The minimum Gasteiger partial charge on any atom is -0.328 e. The summed E-state index contributed by atoms with van der Waals surface area (Å²) < 4.78 is 0. The molecule has 30 heavy (non-hydrogen) atoms. The van der Waals surface area contributed by atoms with Crippen LogP contribution in [-0.2, 0) is 16.6 Å². The van der Waals surface area contributed by atoms with E-state index in [0.717, 1.165) is 47.9 Å². The third-order valence-corrected chi connectivity index (χ3v) is 5.83. The van der Waals surface area contributed by atoms with Gasteiger partial charge in [-0.2, -0.15) is 0 Å². The number of halogens is 1. The lowest BCUT2D eigenvalue weighted by atomic mass is 9.75. The van der Waals surface area contributed by atoms with E-state index >= 15 is 0 Å². The maximum Gasteiger partial charge on any atom is 0.236 e. The van der Waals surface area contributed by atoms with Crippen LogP contribution in [0.1, 0.15) is 49.8 Å². The summed E-state index contributed by atoms with van der Waals surface area (Å²) in [5, 5.41) is -0.269. The largest absolute Gasteiger partial charge is 0.328 e. The third kappa shape index (κ3) is 4.66. The highest BCUT2D eigenvalue weighted by atomic mass is 35.5. The van der Waals surface area contributed by atoms with Crippen molar-refractivity contribution in [2.24, 2.45) is 5.73 Å². The second-order valence-electron chi connectivity index (χ2n) is 8.21. The lowest BCUT2D eigenvalue weighted by Gasteiger charge is -2.28. The number of nitrogens with two attached hydrogens (primary N) is 1. The van der Waals surface area contributed by atoms with Crippen LogP contribution >= 0.6 is 11.6 Å². The number of hydrogen-bond donors (Lipinski definition) is 1. The molecule has 2 nitrogen and oxygen atoms in total. The smallest absolute Gasteiger partial charge is 0.236 e. The first-order valence-corrected chi connectivity index (χ1v) is 11.0. The van der Waals surface area contributed by atoms with Crippen LogP contribution < -0.4 is 5.73 Å². The molecule has 4 rings (SSSR count). The molecule has 3 heteroatoms. The Labute approximate surface area is 185 Å². The van der Waals surface area contributed by atoms with Crippen LogP contribution in [0.3, 0.4) is 0 Å². The van der Waals surface area contributed by atoms with E-state index in [9.17, 15) is 4.79 Å². The SMILES string of the molecule is CC(C)N.O=C(Cl)C1(CCCCc2ccccc2)c2ccccc2-c2ccccc21. The van der Waals surface area contributed by atoms with Crippen molar-refractivity contribution in [1.82, 2.24) is 0 Å². The first-order chi connectivity index (χ1) is 14.5. The third-order valence-electron chi connectivity index (χ3n) is 5.51. The van der Waals surface area contributed by atoms with Gasteiger partial charge >= 0.3 is 0 Å². The van der Waals surface area contributed by atoms with E-state index in [-0.39, 0.29) is 5.24 Å². The van der Waals surface area contributed by atoms with Gasteiger partial charge in [0.15, 0.2) is 0 Å². The second-order valence-corrected chi connectivity index (χ2v) is 8.55. The van der Waals surface area contributed by atoms with Gasteiger partial charge in [-0.25, -0.2) is 0 Å². The average Bonchev–Trinajstić information content (AvgIpc) is 3.03. The van der Waals surface area contributed by atoms with Gasteiger partial charge in [0.25, 0.3) is 0 Å². The Morgan fingerprint density at radius 3 is 1.80 bits per heavy atom. The molecular weight excluding hydrogens is 390 g/mol. The first kappa shape index (κ1) is 22.3. The van der Waals surface area contributed by atoms with Crippen molar-refractivity contribution in [1.29, 1.82) is 0 Å². The van der Waals surface area contributed by atoms with Crippen LogP contribution in [0.15, 0.2) is 78.9 Å². The number of carbonyl (C=O) groups excluding carboxylic acids is 1. The zero-order chi connectivity index (χ0) is 21.6. The van der Waals surface area contributed by atoms with Crippen molar-refractivity contribution in [3.63, 3.8) is 0 Å². The Balaban J connectivity index is 0.000000589. The number of benzene rings is 3. The minimum absolute atomic E-state index is 0.269. The summed E-state index contributed by atoms with van der Waals surface area (Å²) in [4.78, 5) is 12.7. The van der Waals surface area contributed by atoms with Gasteiger partial charge in [-0.05, 0) is 64.7 Å². The molecule has 156 valence electrons.